The largest absolute Gasteiger partial charge is 0.370 e. The van der Waals surface area contributed by atoms with Crippen LogP contribution in [-0.4, -0.2) is 21.2 Å². The molecule has 0 unspecified atom stereocenters. The first-order chi connectivity index (χ1) is 10.3. The van der Waals surface area contributed by atoms with E-state index in [9.17, 15) is 12.8 Å². The second-order valence-electron chi connectivity index (χ2n) is 5.34. The molecule has 0 spiro atoms. The van der Waals surface area contributed by atoms with Crippen molar-refractivity contribution in [1.29, 1.82) is 0 Å². The Bertz CT molecular complexity index is 755. The van der Waals surface area contributed by atoms with Gasteiger partial charge in [0.05, 0.1) is 10.6 Å². The van der Waals surface area contributed by atoms with Gasteiger partial charge in [0.25, 0.3) is 0 Å². The quantitative estimate of drug-likeness (QED) is 0.845. The molecule has 0 saturated heterocycles. The lowest BCUT2D eigenvalue weighted by molar-refractivity contribution is 0.597. The molecule has 0 radical (unpaired) electrons. The maximum atomic E-state index is 13.6. The van der Waals surface area contributed by atoms with Gasteiger partial charge in [0.15, 0.2) is 9.84 Å². The van der Waals surface area contributed by atoms with Gasteiger partial charge >= 0.3 is 0 Å². The van der Waals surface area contributed by atoms with E-state index in [4.69, 9.17) is 0 Å². The second kappa shape index (κ2) is 6.48. The summed E-state index contributed by atoms with van der Waals surface area (Å²) in [6.07, 6.45) is 0. The zero-order valence-electron chi connectivity index (χ0n) is 13.0. The van der Waals surface area contributed by atoms with Crippen LogP contribution in [0.3, 0.4) is 0 Å². The first-order valence-corrected chi connectivity index (χ1v) is 8.77. The van der Waals surface area contributed by atoms with Crippen molar-refractivity contribution in [1.82, 2.24) is 0 Å². The SMILES string of the molecule is CCS(=O)(=O)c1ccc(N(C)Cc2ccc(C)c(F)c2)cc1. The molecule has 0 aliphatic carbocycles. The lowest BCUT2D eigenvalue weighted by atomic mass is 10.1. The molecule has 2 aromatic carbocycles. The van der Waals surface area contributed by atoms with Crippen LogP contribution in [0.2, 0.25) is 0 Å². The highest BCUT2D eigenvalue weighted by Crippen LogP contribution is 2.20. The number of hydrogen-bond acceptors (Lipinski definition) is 3. The summed E-state index contributed by atoms with van der Waals surface area (Å²) in [5.41, 5.74) is 2.38. The summed E-state index contributed by atoms with van der Waals surface area (Å²) in [7, 11) is -1.29. The predicted molar refractivity (Wildman–Crippen MR) is 87.4 cm³/mol. The average molecular weight is 321 g/mol. The van der Waals surface area contributed by atoms with E-state index in [0.717, 1.165) is 11.3 Å². The van der Waals surface area contributed by atoms with Crippen molar-refractivity contribution in [3.63, 3.8) is 0 Å². The average Bonchev–Trinajstić information content (AvgIpc) is 2.51. The molecule has 0 saturated carbocycles. The second-order valence-corrected chi connectivity index (χ2v) is 7.62. The standard InChI is InChI=1S/C17H20FNO2S/c1-4-22(20,21)16-9-7-15(8-10-16)19(3)12-14-6-5-13(2)17(18)11-14/h5-11H,4,12H2,1-3H3. The minimum atomic E-state index is -3.18. The normalized spacial score (nSPS) is 11.5. The Morgan fingerprint density at radius 3 is 2.27 bits per heavy atom. The third-order valence-corrected chi connectivity index (χ3v) is 5.42. The van der Waals surface area contributed by atoms with Gasteiger partial charge in [0.1, 0.15) is 5.82 Å². The van der Waals surface area contributed by atoms with E-state index in [-0.39, 0.29) is 11.6 Å². The molecule has 5 heteroatoms. The first-order valence-electron chi connectivity index (χ1n) is 7.12. The van der Waals surface area contributed by atoms with Crippen molar-refractivity contribution in [2.24, 2.45) is 0 Å². The van der Waals surface area contributed by atoms with Gasteiger partial charge in [-0.15, -0.1) is 0 Å². The monoisotopic (exact) mass is 321 g/mol. The number of hydrogen-bond donors (Lipinski definition) is 0. The molecule has 0 aromatic heterocycles. The Labute approximate surface area is 131 Å². The van der Waals surface area contributed by atoms with E-state index < -0.39 is 9.84 Å². The van der Waals surface area contributed by atoms with Gasteiger partial charge in [-0.1, -0.05) is 19.1 Å². The summed E-state index contributed by atoms with van der Waals surface area (Å²) in [4.78, 5) is 2.28. The molecule has 0 aliphatic rings. The molecule has 0 heterocycles. The fourth-order valence-corrected chi connectivity index (χ4v) is 3.06. The number of halogens is 1. The van der Waals surface area contributed by atoms with Crippen LogP contribution in [-0.2, 0) is 16.4 Å². The fraction of sp³-hybridized carbons (Fsp3) is 0.294. The summed E-state index contributed by atoms with van der Waals surface area (Å²) < 4.78 is 37.1. The Hall–Kier alpha value is -1.88. The van der Waals surface area contributed by atoms with Crippen LogP contribution in [0.25, 0.3) is 0 Å². The van der Waals surface area contributed by atoms with Crippen molar-refractivity contribution in [3.8, 4) is 0 Å². The molecule has 0 aliphatic heterocycles. The van der Waals surface area contributed by atoms with E-state index in [2.05, 4.69) is 0 Å². The third-order valence-electron chi connectivity index (χ3n) is 3.67. The topological polar surface area (TPSA) is 37.4 Å². The summed E-state index contributed by atoms with van der Waals surface area (Å²) in [5.74, 6) is -0.125. The van der Waals surface area contributed by atoms with Gasteiger partial charge in [-0.3, -0.25) is 0 Å². The Morgan fingerprint density at radius 2 is 1.73 bits per heavy atom. The molecular formula is C17H20FNO2S. The van der Waals surface area contributed by atoms with Crippen molar-refractivity contribution < 1.29 is 12.8 Å². The van der Waals surface area contributed by atoms with Crippen LogP contribution in [0.1, 0.15) is 18.1 Å². The van der Waals surface area contributed by atoms with Crippen LogP contribution >= 0.6 is 0 Å². The summed E-state index contributed by atoms with van der Waals surface area (Å²) in [5, 5.41) is 0. The summed E-state index contributed by atoms with van der Waals surface area (Å²) in [6.45, 7) is 3.91. The molecule has 118 valence electrons. The summed E-state index contributed by atoms with van der Waals surface area (Å²) in [6, 6.07) is 11.9. The number of sulfone groups is 1. The molecular weight excluding hydrogens is 301 g/mol. The highest BCUT2D eigenvalue weighted by molar-refractivity contribution is 7.91. The lowest BCUT2D eigenvalue weighted by Crippen LogP contribution is -2.16. The minimum Gasteiger partial charge on any atom is -0.370 e. The van der Waals surface area contributed by atoms with Crippen LogP contribution in [0, 0.1) is 12.7 Å². The Balaban J connectivity index is 2.16. The zero-order chi connectivity index (χ0) is 16.3. The van der Waals surface area contributed by atoms with Gasteiger partial charge in [-0.2, -0.15) is 0 Å². The predicted octanol–water partition coefficient (Wildman–Crippen LogP) is 3.56. The van der Waals surface area contributed by atoms with Gasteiger partial charge in [0, 0.05) is 19.3 Å². The Morgan fingerprint density at radius 1 is 1.09 bits per heavy atom. The smallest absolute Gasteiger partial charge is 0.178 e. The van der Waals surface area contributed by atoms with Gasteiger partial charge in [-0.05, 0) is 48.4 Å². The maximum absolute atomic E-state index is 13.6. The number of anilines is 1. The van der Waals surface area contributed by atoms with Crippen molar-refractivity contribution >= 4 is 15.5 Å². The van der Waals surface area contributed by atoms with Crippen molar-refractivity contribution in [3.05, 3.63) is 59.4 Å². The van der Waals surface area contributed by atoms with E-state index >= 15 is 0 Å². The van der Waals surface area contributed by atoms with Gasteiger partial charge < -0.3 is 4.90 Å². The lowest BCUT2D eigenvalue weighted by Gasteiger charge is -2.20. The Kier molecular flexibility index (Phi) is 4.86. The number of benzene rings is 2. The highest BCUT2D eigenvalue weighted by Gasteiger charge is 2.12. The molecule has 22 heavy (non-hydrogen) atoms. The molecule has 2 rings (SSSR count). The van der Waals surface area contributed by atoms with Crippen LogP contribution < -0.4 is 4.90 Å². The highest BCUT2D eigenvalue weighted by atomic mass is 32.2. The van der Waals surface area contributed by atoms with Crippen LogP contribution in [0.15, 0.2) is 47.4 Å². The molecule has 0 N–H and O–H groups in total. The number of rotatable bonds is 5. The summed E-state index contributed by atoms with van der Waals surface area (Å²) >= 11 is 0. The van der Waals surface area contributed by atoms with Crippen molar-refractivity contribution in [2.75, 3.05) is 17.7 Å². The zero-order valence-corrected chi connectivity index (χ0v) is 13.8. The van der Waals surface area contributed by atoms with Crippen molar-refractivity contribution in [2.45, 2.75) is 25.3 Å². The van der Waals surface area contributed by atoms with E-state index in [1.165, 1.54) is 6.07 Å². The molecule has 0 fully saturated rings. The third kappa shape index (κ3) is 3.65. The van der Waals surface area contributed by atoms with E-state index in [1.54, 1.807) is 44.2 Å². The molecule has 0 amide bonds. The first kappa shape index (κ1) is 16.5. The van der Waals surface area contributed by atoms with E-state index in [1.807, 2.05) is 18.0 Å². The van der Waals surface area contributed by atoms with Crippen LogP contribution in [0.4, 0.5) is 10.1 Å². The van der Waals surface area contributed by atoms with E-state index in [0.29, 0.717) is 17.0 Å². The van der Waals surface area contributed by atoms with Crippen LogP contribution in [0.5, 0.6) is 0 Å². The van der Waals surface area contributed by atoms with Gasteiger partial charge in [0.2, 0.25) is 0 Å². The van der Waals surface area contributed by atoms with Gasteiger partial charge in [-0.25, -0.2) is 12.8 Å². The molecule has 2 aromatic rings. The molecule has 0 bridgehead atoms. The molecule has 0 atom stereocenters. The minimum absolute atomic E-state index is 0.0881. The number of nitrogens with zero attached hydrogens (tertiary/aromatic N) is 1. The maximum Gasteiger partial charge on any atom is 0.178 e. The number of aryl methyl sites for hydroxylation is 1. The molecule has 3 nitrogen and oxygen atoms in total. The fourth-order valence-electron chi connectivity index (χ4n) is 2.17.